The highest BCUT2D eigenvalue weighted by molar-refractivity contribution is 5.74. The highest BCUT2D eigenvalue weighted by Gasteiger charge is 2.19. The zero-order valence-corrected chi connectivity index (χ0v) is 7.28. The van der Waals surface area contributed by atoms with Crippen LogP contribution in [0.3, 0.4) is 0 Å². The molecule has 0 N–H and O–H groups in total. The van der Waals surface area contributed by atoms with Crippen LogP contribution in [0.25, 0.3) is 11.1 Å². The molecule has 0 fully saturated rings. The lowest BCUT2D eigenvalue weighted by Gasteiger charge is -2.04. The summed E-state index contributed by atoms with van der Waals surface area (Å²) in [6.07, 6.45) is 5.13. The first kappa shape index (κ1) is 8.46. The number of rotatable bonds is 1. The molecule has 0 heterocycles. The maximum Gasteiger partial charge on any atom is 0.242 e. The van der Waals surface area contributed by atoms with Crippen LogP contribution in [0.1, 0.15) is 5.56 Å². The molecule has 0 bridgehead atoms. The molecule has 66 valence electrons. The largest absolute Gasteiger partial charge is 0.285 e. The van der Waals surface area contributed by atoms with Gasteiger partial charge in [-0.2, -0.15) is 0 Å². The van der Waals surface area contributed by atoms with Gasteiger partial charge in [-0.15, -0.1) is 6.42 Å². The van der Waals surface area contributed by atoms with Crippen LogP contribution < -0.4 is 10.9 Å². The smallest absolute Gasteiger partial charge is 0.242 e. The van der Waals surface area contributed by atoms with E-state index in [1.807, 2.05) is 6.07 Å². The third kappa shape index (κ3) is 0.997. The summed E-state index contributed by atoms with van der Waals surface area (Å²) in [6, 6.07) is 8.96. The van der Waals surface area contributed by atoms with E-state index in [1.165, 1.54) is 0 Å². The summed E-state index contributed by atoms with van der Waals surface area (Å²) < 4.78 is 0. The van der Waals surface area contributed by atoms with Crippen LogP contribution in [0.4, 0.5) is 0 Å². The molecular formula is C12H6O2. The molecule has 0 amide bonds. The lowest BCUT2D eigenvalue weighted by Crippen LogP contribution is -2.36. The number of terminal acetylenes is 1. The van der Waals surface area contributed by atoms with E-state index in [0.717, 1.165) is 0 Å². The van der Waals surface area contributed by atoms with Crippen molar-refractivity contribution in [1.29, 1.82) is 0 Å². The van der Waals surface area contributed by atoms with Crippen LogP contribution >= 0.6 is 0 Å². The minimum absolute atomic E-state index is 0.196. The number of benzene rings is 1. The summed E-state index contributed by atoms with van der Waals surface area (Å²) in [7, 11) is 0. The topological polar surface area (TPSA) is 34.1 Å². The molecule has 0 aromatic heterocycles. The van der Waals surface area contributed by atoms with Gasteiger partial charge in [-0.05, 0) is 5.56 Å². The number of hydrogen-bond acceptors (Lipinski definition) is 2. The third-order valence-electron chi connectivity index (χ3n) is 2.12. The van der Waals surface area contributed by atoms with Crippen molar-refractivity contribution < 1.29 is 0 Å². The van der Waals surface area contributed by atoms with Gasteiger partial charge in [0.1, 0.15) is 0 Å². The molecule has 0 aliphatic carbocycles. The molecule has 0 saturated heterocycles. The lowest BCUT2D eigenvalue weighted by molar-refractivity contribution is 1.37. The Kier molecular flexibility index (Phi) is 1.79. The molecule has 0 saturated carbocycles. The van der Waals surface area contributed by atoms with Crippen molar-refractivity contribution in [3.8, 4) is 23.5 Å². The van der Waals surface area contributed by atoms with Crippen molar-refractivity contribution in [3.63, 3.8) is 0 Å². The van der Waals surface area contributed by atoms with E-state index < -0.39 is 10.9 Å². The standard InChI is InChI=1S/C12H6O2/c1-2-9-10(12(14)11(9)13)8-6-4-3-5-7-8/h1,3-7H. The molecule has 2 aromatic carbocycles. The van der Waals surface area contributed by atoms with E-state index in [4.69, 9.17) is 6.42 Å². The molecule has 2 rings (SSSR count). The lowest BCUT2D eigenvalue weighted by atomic mass is 9.95. The quantitative estimate of drug-likeness (QED) is 0.485. The van der Waals surface area contributed by atoms with E-state index in [-0.39, 0.29) is 5.56 Å². The molecule has 2 heteroatoms. The second-order valence-corrected chi connectivity index (χ2v) is 2.92. The zero-order valence-electron chi connectivity index (χ0n) is 7.28. The SMILES string of the molecule is C#Cc1c(-c2ccccc2)c(=O)c1=O. The fourth-order valence-electron chi connectivity index (χ4n) is 1.41. The second-order valence-electron chi connectivity index (χ2n) is 2.92. The Labute approximate surface area is 80.5 Å². The Balaban J connectivity index is 2.67. The van der Waals surface area contributed by atoms with Gasteiger partial charge in [0.25, 0.3) is 0 Å². The Morgan fingerprint density at radius 2 is 1.64 bits per heavy atom. The minimum atomic E-state index is -0.550. The Hall–Kier alpha value is -2.14. The fourth-order valence-corrected chi connectivity index (χ4v) is 1.41. The highest BCUT2D eigenvalue weighted by atomic mass is 16.2. The van der Waals surface area contributed by atoms with Crippen LogP contribution in [0.2, 0.25) is 0 Å². The predicted molar refractivity (Wildman–Crippen MR) is 54.7 cm³/mol. The fraction of sp³-hybridized carbons (Fsp3) is 0. The summed E-state index contributed by atoms with van der Waals surface area (Å²) in [4.78, 5) is 22.3. The van der Waals surface area contributed by atoms with Gasteiger partial charge in [-0.3, -0.25) is 9.59 Å². The van der Waals surface area contributed by atoms with Crippen LogP contribution in [-0.2, 0) is 0 Å². The maximum atomic E-state index is 11.2. The molecule has 0 aliphatic rings. The summed E-state index contributed by atoms with van der Waals surface area (Å²) in [5.74, 6) is 2.24. The van der Waals surface area contributed by atoms with E-state index in [1.54, 1.807) is 24.3 Å². The van der Waals surface area contributed by atoms with Crippen LogP contribution in [0, 0.1) is 12.3 Å². The third-order valence-corrected chi connectivity index (χ3v) is 2.12. The molecule has 14 heavy (non-hydrogen) atoms. The maximum absolute atomic E-state index is 11.2. The van der Waals surface area contributed by atoms with Gasteiger partial charge in [0.15, 0.2) is 0 Å². The average molecular weight is 182 g/mol. The first-order valence-electron chi connectivity index (χ1n) is 4.11. The first-order valence-corrected chi connectivity index (χ1v) is 4.11. The van der Waals surface area contributed by atoms with Gasteiger partial charge in [-0.1, -0.05) is 36.3 Å². The second kappa shape index (κ2) is 2.97. The Morgan fingerprint density at radius 3 is 2.21 bits per heavy atom. The van der Waals surface area contributed by atoms with E-state index in [2.05, 4.69) is 5.92 Å². The van der Waals surface area contributed by atoms with Gasteiger partial charge in [0, 0.05) is 0 Å². The average Bonchev–Trinajstić information content (AvgIpc) is 2.25. The highest BCUT2D eigenvalue weighted by Crippen LogP contribution is 2.17. The van der Waals surface area contributed by atoms with Crippen LogP contribution in [0.5, 0.6) is 0 Å². The Morgan fingerprint density at radius 1 is 1.00 bits per heavy atom. The summed E-state index contributed by atoms with van der Waals surface area (Å²) in [5, 5.41) is 0. The molecule has 0 radical (unpaired) electrons. The molecule has 2 aromatic rings. The minimum Gasteiger partial charge on any atom is -0.285 e. The van der Waals surface area contributed by atoms with Gasteiger partial charge in [0.2, 0.25) is 10.9 Å². The molecular weight excluding hydrogens is 176 g/mol. The van der Waals surface area contributed by atoms with E-state index in [0.29, 0.717) is 11.1 Å². The van der Waals surface area contributed by atoms with E-state index >= 15 is 0 Å². The molecule has 0 aliphatic heterocycles. The van der Waals surface area contributed by atoms with Crippen molar-refractivity contribution in [2.24, 2.45) is 0 Å². The van der Waals surface area contributed by atoms with Crippen molar-refractivity contribution in [2.45, 2.75) is 0 Å². The normalized spacial score (nSPS) is 9.93. The molecule has 0 atom stereocenters. The van der Waals surface area contributed by atoms with Crippen LogP contribution in [-0.4, -0.2) is 0 Å². The van der Waals surface area contributed by atoms with E-state index in [9.17, 15) is 9.59 Å². The van der Waals surface area contributed by atoms with Crippen molar-refractivity contribution in [1.82, 2.24) is 0 Å². The summed E-state index contributed by atoms with van der Waals surface area (Å²) >= 11 is 0. The zero-order chi connectivity index (χ0) is 10.1. The van der Waals surface area contributed by atoms with Gasteiger partial charge < -0.3 is 0 Å². The molecule has 0 spiro atoms. The van der Waals surface area contributed by atoms with Crippen molar-refractivity contribution in [3.05, 3.63) is 56.3 Å². The van der Waals surface area contributed by atoms with Gasteiger partial charge in [-0.25, -0.2) is 0 Å². The number of hydrogen-bond donors (Lipinski definition) is 0. The Bertz CT molecular complexity index is 579. The van der Waals surface area contributed by atoms with Gasteiger partial charge >= 0.3 is 0 Å². The summed E-state index contributed by atoms with van der Waals surface area (Å²) in [5.41, 5.74) is 0.250. The van der Waals surface area contributed by atoms with Crippen molar-refractivity contribution in [2.75, 3.05) is 0 Å². The summed E-state index contributed by atoms with van der Waals surface area (Å²) in [6.45, 7) is 0. The first-order chi connectivity index (χ1) is 6.75. The van der Waals surface area contributed by atoms with Crippen molar-refractivity contribution >= 4 is 0 Å². The van der Waals surface area contributed by atoms with Gasteiger partial charge in [0.05, 0.1) is 11.1 Å². The molecule has 2 nitrogen and oxygen atoms in total. The van der Waals surface area contributed by atoms with Crippen LogP contribution in [0.15, 0.2) is 39.9 Å². The monoisotopic (exact) mass is 182 g/mol. The molecule has 0 unspecified atom stereocenters. The predicted octanol–water partition coefficient (Wildman–Crippen LogP) is 0.931.